The monoisotopic (exact) mass is 289 g/mol. The summed E-state index contributed by atoms with van der Waals surface area (Å²) in [6.45, 7) is 9.83. The fourth-order valence-corrected chi connectivity index (χ4v) is 2.63. The van der Waals surface area contributed by atoms with Crippen molar-refractivity contribution in [1.82, 2.24) is 9.80 Å². The highest BCUT2D eigenvalue weighted by Gasteiger charge is 2.19. The standard InChI is InChI=1S/C17H24FN3/c1-14(2)21-10-8-20(9-11-21)13-16-5-6-17(18)12-15(16)4-3-7-19/h5-6,12,14H,7-11,13,19H2,1-2H3. The van der Waals surface area contributed by atoms with Crippen LogP contribution >= 0.6 is 0 Å². The molecule has 2 N–H and O–H groups in total. The van der Waals surface area contributed by atoms with Gasteiger partial charge in [0.15, 0.2) is 0 Å². The Morgan fingerprint density at radius 1 is 1.24 bits per heavy atom. The third-order valence-corrected chi connectivity index (χ3v) is 3.93. The van der Waals surface area contributed by atoms with Gasteiger partial charge in [0.05, 0.1) is 6.54 Å². The van der Waals surface area contributed by atoms with Crippen LogP contribution in [0.3, 0.4) is 0 Å². The third kappa shape index (κ3) is 4.53. The molecule has 0 unspecified atom stereocenters. The van der Waals surface area contributed by atoms with Crippen LogP contribution in [0.2, 0.25) is 0 Å². The third-order valence-electron chi connectivity index (χ3n) is 3.93. The summed E-state index contributed by atoms with van der Waals surface area (Å²) in [6.07, 6.45) is 0. The molecular weight excluding hydrogens is 265 g/mol. The highest BCUT2D eigenvalue weighted by Crippen LogP contribution is 2.15. The molecule has 2 rings (SSSR count). The maximum atomic E-state index is 13.4. The number of nitrogens with zero attached hydrogens (tertiary/aromatic N) is 2. The summed E-state index contributed by atoms with van der Waals surface area (Å²) >= 11 is 0. The number of piperazine rings is 1. The smallest absolute Gasteiger partial charge is 0.124 e. The number of hydrogen-bond donors (Lipinski definition) is 1. The molecule has 1 fully saturated rings. The molecule has 1 aromatic rings. The minimum Gasteiger partial charge on any atom is -0.320 e. The van der Waals surface area contributed by atoms with Crippen molar-refractivity contribution in [2.45, 2.75) is 26.4 Å². The summed E-state index contributed by atoms with van der Waals surface area (Å²) < 4.78 is 13.4. The maximum Gasteiger partial charge on any atom is 0.124 e. The molecule has 1 aliphatic heterocycles. The number of benzene rings is 1. The number of hydrogen-bond acceptors (Lipinski definition) is 3. The van der Waals surface area contributed by atoms with Gasteiger partial charge in [0.2, 0.25) is 0 Å². The van der Waals surface area contributed by atoms with Gasteiger partial charge in [-0.15, -0.1) is 0 Å². The van der Waals surface area contributed by atoms with Crippen molar-refractivity contribution in [1.29, 1.82) is 0 Å². The van der Waals surface area contributed by atoms with Crippen LogP contribution in [0.1, 0.15) is 25.0 Å². The predicted octanol–water partition coefficient (Wildman–Crippen LogP) is 1.66. The Labute approximate surface area is 126 Å². The van der Waals surface area contributed by atoms with Crippen LogP contribution in [0, 0.1) is 17.7 Å². The van der Waals surface area contributed by atoms with Crippen LogP contribution in [0.25, 0.3) is 0 Å². The second kappa shape index (κ2) is 7.56. The summed E-state index contributed by atoms with van der Waals surface area (Å²) in [6, 6.07) is 5.45. The van der Waals surface area contributed by atoms with E-state index >= 15 is 0 Å². The quantitative estimate of drug-likeness (QED) is 0.859. The molecule has 1 saturated heterocycles. The molecule has 0 atom stereocenters. The minimum absolute atomic E-state index is 0.246. The maximum absolute atomic E-state index is 13.4. The summed E-state index contributed by atoms with van der Waals surface area (Å²) in [5.41, 5.74) is 7.24. The van der Waals surface area contributed by atoms with E-state index in [1.54, 1.807) is 0 Å². The topological polar surface area (TPSA) is 32.5 Å². The average molecular weight is 289 g/mol. The van der Waals surface area contributed by atoms with Crippen molar-refractivity contribution in [3.05, 3.63) is 35.1 Å². The van der Waals surface area contributed by atoms with Gasteiger partial charge < -0.3 is 5.73 Å². The first kappa shape index (κ1) is 16.0. The highest BCUT2D eigenvalue weighted by atomic mass is 19.1. The molecule has 1 aliphatic rings. The van der Waals surface area contributed by atoms with E-state index in [0.29, 0.717) is 12.6 Å². The average Bonchev–Trinajstić information content (AvgIpc) is 2.48. The molecule has 21 heavy (non-hydrogen) atoms. The Balaban J connectivity index is 2.03. The van der Waals surface area contributed by atoms with Crippen LogP contribution in [0.15, 0.2) is 18.2 Å². The molecular formula is C17H24FN3. The molecule has 0 aromatic heterocycles. The van der Waals surface area contributed by atoms with Crippen molar-refractivity contribution in [2.24, 2.45) is 5.73 Å². The van der Waals surface area contributed by atoms with Crippen molar-refractivity contribution in [3.63, 3.8) is 0 Å². The Bertz CT molecular complexity index is 523. The van der Waals surface area contributed by atoms with E-state index in [1.807, 2.05) is 6.07 Å². The van der Waals surface area contributed by atoms with Gasteiger partial charge in [-0.2, -0.15) is 0 Å². The van der Waals surface area contributed by atoms with Crippen LogP contribution in [-0.2, 0) is 6.54 Å². The Morgan fingerprint density at radius 3 is 2.57 bits per heavy atom. The zero-order valence-electron chi connectivity index (χ0n) is 12.9. The van der Waals surface area contributed by atoms with Gasteiger partial charge in [-0.1, -0.05) is 17.9 Å². The molecule has 0 radical (unpaired) electrons. The van der Waals surface area contributed by atoms with Gasteiger partial charge in [0, 0.05) is 44.3 Å². The van der Waals surface area contributed by atoms with E-state index in [1.165, 1.54) is 12.1 Å². The first-order valence-electron chi connectivity index (χ1n) is 7.54. The Hall–Kier alpha value is -1.41. The van der Waals surface area contributed by atoms with E-state index in [2.05, 4.69) is 35.5 Å². The molecule has 1 aromatic carbocycles. The second-order valence-electron chi connectivity index (χ2n) is 5.71. The Kier molecular flexibility index (Phi) is 5.75. The van der Waals surface area contributed by atoms with Crippen LogP contribution < -0.4 is 5.73 Å². The zero-order valence-corrected chi connectivity index (χ0v) is 12.9. The lowest BCUT2D eigenvalue weighted by Crippen LogP contribution is -2.48. The van der Waals surface area contributed by atoms with Crippen LogP contribution in [0.4, 0.5) is 4.39 Å². The minimum atomic E-state index is -0.246. The fraction of sp³-hybridized carbons (Fsp3) is 0.529. The first-order chi connectivity index (χ1) is 10.1. The van der Waals surface area contributed by atoms with Crippen molar-refractivity contribution >= 4 is 0 Å². The normalized spacial score (nSPS) is 16.8. The lowest BCUT2D eigenvalue weighted by Gasteiger charge is -2.37. The highest BCUT2D eigenvalue weighted by molar-refractivity contribution is 5.41. The second-order valence-corrected chi connectivity index (χ2v) is 5.71. The summed E-state index contributed by atoms with van der Waals surface area (Å²) in [7, 11) is 0. The molecule has 0 spiro atoms. The largest absolute Gasteiger partial charge is 0.320 e. The Morgan fingerprint density at radius 2 is 1.95 bits per heavy atom. The van der Waals surface area contributed by atoms with Crippen LogP contribution in [-0.4, -0.2) is 48.6 Å². The molecule has 0 bridgehead atoms. The zero-order chi connectivity index (χ0) is 15.2. The van der Waals surface area contributed by atoms with E-state index < -0.39 is 0 Å². The lowest BCUT2D eigenvalue weighted by molar-refractivity contribution is 0.104. The molecule has 0 aliphatic carbocycles. The summed E-state index contributed by atoms with van der Waals surface area (Å²) in [4.78, 5) is 4.88. The van der Waals surface area contributed by atoms with E-state index in [-0.39, 0.29) is 5.82 Å². The molecule has 4 heteroatoms. The summed E-state index contributed by atoms with van der Waals surface area (Å²) in [5.74, 6) is 5.55. The summed E-state index contributed by atoms with van der Waals surface area (Å²) in [5, 5.41) is 0. The SMILES string of the molecule is CC(C)N1CCN(Cc2ccc(F)cc2C#CCN)CC1. The van der Waals surface area contributed by atoms with E-state index in [4.69, 9.17) is 5.73 Å². The van der Waals surface area contributed by atoms with Crippen molar-refractivity contribution in [2.75, 3.05) is 32.7 Å². The lowest BCUT2D eigenvalue weighted by atomic mass is 10.1. The molecule has 1 heterocycles. The van der Waals surface area contributed by atoms with Crippen molar-refractivity contribution in [3.8, 4) is 11.8 Å². The molecule has 0 amide bonds. The van der Waals surface area contributed by atoms with Gasteiger partial charge in [-0.3, -0.25) is 9.80 Å². The van der Waals surface area contributed by atoms with Gasteiger partial charge in [0.1, 0.15) is 5.82 Å². The van der Waals surface area contributed by atoms with E-state index in [9.17, 15) is 4.39 Å². The number of rotatable bonds is 3. The predicted molar refractivity (Wildman–Crippen MR) is 84.3 cm³/mol. The molecule has 114 valence electrons. The fourth-order valence-electron chi connectivity index (χ4n) is 2.63. The van der Waals surface area contributed by atoms with Gasteiger partial charge in [0.25, 0.3) is 0 Å². The number of halogens is 1. The first-order valence-corrected chi connectivity index (χ1v) is 7.54. The number of nitrogens with two attached hydrogens (primary N) is 1. The molecule has 0 saturated carbocycles. The van der Waals surface area contributed by atoms with Crippen molar-refractivity contribution < 1.29 is 4.39 Å². The van der Waals surface area contributed by atoms with Gasteiger partial charge in [-0.05, 0) is 31.5 Å². The van der Waals surface area contributed by atoms with E-state index in [0.717, 1.165) is 43.9 Å². The van der Waals surface area contributed by atoms with Gasteiger partial charge >= 0.3 is 0 Å². The van der Waals surface area contributed by atoms with Crippen LogP contribution in [0.5, 0.6) is 0 Å². The van der Waals surface area contributed by atoms with Gasteiger partial charge in [-0.25, -0.2) is 4.39 Å². The molecule has 3 nitrogen and oxygen atoms in total.